The first-order valence-electron chi connectivity index (χ1n) is 10.4. The number of carbonyl (C=O) groups is 2. The molecule has 0 saturated carbocycles. The summed E-state index contributed by atoms with van der Waals surface area (Å²) >= 11 is 1.40. The highest BCUT2D eigenvalue weighted by atomic mass is 32.1. The number of aryl methyl sites for hydroxylation is 1. The molecule has 4 aromatic rings. The van der Waals surface area contributed by atoms with Crippen LogP contribution in [0.5, 0.6) is 5.75 Å². The second kappa shape index (κ2) is 10.1. The standard InChI is InChI=1S/C25H24N4O3S/c1-29-13-12-26-23(29)22(19-5-3-6-20(15-19)32-2)28-24(30)18-10-8-17(9-11-18)16-27-25(31)21-7-4-14-33-21/h3-15,22H,16H2,1-2H3,(H,27,31)(H,28,30). The Morgan fingerprint density at radius 3 is 2.58 bits per heavy atom. The maximum atomic E-state index is 13.1. The van der Waals surface area contributed by atoms with E-state index >= 15 is 0 Å². The minimum absolute atomic E-state index is 0.108. The molecule has 33 heavy (non-hydrogen) atoms. The van der Waals surface area contributed by atoms with Crippen LogP contribution in [0.3, 0.4) is 0 Å². The molecule has 2 aromatic heterocycles. The molecule has 7 nitrogen and oxygen atoms in total. The fourth-order valence-electron chi connectivity index (χ4n) is 3.44. The number of carbonyl (C=O) groups excluding carboxylic acids is 2. The molecule has 4 rings (SSSR count). The second-order valence-electron chi connectivity index (χ2n) is 7.44. The van der Waals surface area contributed by atoms with Crippen LogP contribution >= 0.6 is 11.3 Å². The first-order valence-corrected chi connectivity index (χ1v) is 11.3. The number of amides is 2. The third kappa shape index (κ3) is 5.30. The van der Waals surface area contributed by atoms with Crippen molar-refractivity contribution in [1.82, 2.24) is 20.2 Å². The molecule has 0 spiro atoms. The zero-order chi connectivity index (χ0) is 23.2. The first kappa shape index (κ1) is 22.3. The molecule has 168 valence electrons. The first-order chi connectivity index (χ1) is 16.0. The van der Waals surface area contributed by atoms with Gasteiger partial charge in [-0.3, -0.25) is 9.59 Å². The van der Waals surface area contributed by atoms with Gasteiger partial charge in [0.15, 0.2) is 0 Å². The Hall–Kier alpha value is -3.91. The summed E-state index contributed by atoms with van der Waals surface area (Å²) < 4.78 is 7.23. The lowest BCUT2D eigenvalue weighted by Gasteiger charge is -2.20. The summed E-state index contributed by atoms with van der Waals surface area (Å²) in [4.78, 5) is 30.3. The van der Waals surface area contributed by atoms with Crippen LogP contribution in [0.2, 0.25) is 0 Å². The van der Waals surface area contributed by atoms with Crippen molar-refractivity contribution >= 4 is 23.2 Å². The normalized spacial score (nSPS) is 11.6. The number of aromatic nitrogens is 2. The average Bonchev–Trinajstić information content (AvgIpc) is 3.53. The van der Waals surface area contributed by atoms with Crippen LogP contribution < -0.4 is 15.4 Å². The van der Waals surface area contributed by atoms with Crippen molar-refractivity contribution in [3.63, 3.8) is 0 Å². The number of hydrogen-bond donors (Lipinski definition) is 2. The molecule has 2 amide bonds. The van der Waals surface area contributed by atoms with Crippen molar-refractivity contribution in [3.05, 3.63) is 106 Å². The fourth-order valence-corrected chi connectivity index (χ4v) is 4.08. The Labute approximate surface area is 196 Å². The van der Waals surface area contributed by atoms with E-state index in [9.17, 15) is 9.59 Å². The number of rotatable bonds is 8. The van der Waals surface area contributed by atoms with E-state index in [-0.39, 0.29) is 11.8 Å². The van der Waals surface area contributed by atoms with E-state index in [1.54, 1.807) is 31.5 Å². The topological polar surface area (TPSA) is 85.2 Å². The molecule has 2 N–H and O–H groups in total. The molecule has 0 bridgehead atoms. The van der Waals surface area contributed by atoms with Crippen molar-refractivity contribution in [2.24, 2.45) is 7.05 Å². The number of thiophene rings is 1. The Balaban J connectivity index is 1.47. The van der Waals surface area contributed by atoms with Gasteiger partial charge in [0.05, 0.1) is 12.0 Å². The van der Waals surface area contributed by atoms with Gasteiger partial charge in [0, 0.05) is 31.5 Å². The lowest BCUT2D eigenvalue weighted by atomic mass is 10.0. The smallest absolute Gasteiger partial charge is 0.261 e. The van der Waals surface area contributed by atoms with Crippen molar-refractivity contribution in [2.45, 2.75) is 12.6 Å². The van der Waals surface area contributed by atoms with Crippen LogP contribution in [0.25, 0.3) is 0 Å². The third-order valence-electron chi connectivity index (χ3n) is 5.23. The SMILES string of the molecule is COc1cccc(C(NC(=O)c2ccc(CNC(=O)c3cccs3)cc2)c2nccn2C)c1. The average molecular weight is 461 g/mol. The van der Waals surface area contributed by atoms with Gasteiger partial charge in [0.25, 0.3) is 11.8 Å². The molecular formula is C25H24N4O3S. The summed E-state index contributed by atoms with van der Waals surface area (Å²) in [6, 6.07) is 17.9. The molecule has 0 aliphatic rings. The maximum Gasteiger partial charge on any atom is 0.261 e. The van der Waals surface area contributed by atoms with Crippen LogP contribution in [0.15, 0.2) is 78.4 Å². The quantitative estimate of drug-likeness (QED) is 0.417. The Morgan fingerprint density at radius 1 is 1.09 bits per heavy atom. The molecule has 1 unspecified atom stereocenters. The molecule has 0 aliphatic carbocycles. The van der Waals surface area contributed by atoms with E-state index in [0.717, 1.165) is 11.1 Å². The van der Waals surface area contributed by atoms with Crippen molar-refractivity contribution in [1.29, 1.82) is 0 Å². The summed E-state index contributed by atoms with van der Waals surface area (Å²) in [7, 11) is 3.50. The number of hydrogen-bond acceptors (Lipinski definition) is 5. The Morgan fingerprint density at radius 2 is 1.91 bits per heavy atom. The van der Waals surface area contributed by atoms with Crippen LogP contribution in [0.4, 0.5) is 0 Å². The van der Waals surface area contributed by atoms with Gasteiger partial charge < -0.3 is 19.9 Å². The van der Waals surface area contributed by atoms with Gasteiger partial charge in [0.2, 0.25) is 0 Å². The van der Waals surface area contributed by atoms with E-state index in [2.05, 4.69) is 15.6 Å². The van der Waals surface area contributed by atoms with Gasteiger partial charge in [-0.15, -0.1) is 11.3 Å². The number of nitrogens with zero attached hydrogens (tertiary/aromatic N) is 2. The van der Waals surface area contributed by atoms with E-state index < -0.39 is 6.04 Å². The van der Waals surface area contributed by atoms with Crippen LogP contribution in [0.1, 0.15) is 43.0 Å². The molecular weight excluding hydrogens is 436 g/mol. The number of methoxy groups -OCH3 is 1. The van der Waals surface area contributed by atoms with E-state index in [0.29, 0.717) is 28.6 Å². The summed E-state index contributed by atoms with van der Waals surface area (Å²) in [6.45, 7) is 0.387. The molecule has 1 atom stereocenters. The van der Waals surface area contributed by atoms with Gasteiger partial charge in [-0.1, -0.05) is 30.3 Å². The van der Waals surface area contributed by atoms with Gasteiger partial charge in [-0.05, 0) is 46.8 Å². The molecule has 2 aromatic carbocycles. The molecule has 0 saturated heterocycles. The number of imidazole rings is 1. The van der Waals surface area contributed by atoms with E-state index in [1.807, 2.05) is 65.7 Å². The molecule has 0 fully saturated rings. The van der Waals surface area contributed by atoms with Crippen molar-refractivity contribution < 1.29 is 14.3 Å². The zero-order valence-corrected chi connectivity index (χ0v) is 19.1. The summed E-state index contributed by atoms with van der Waals surface area (Å²) in [5.74, 6) is 1.09. The molecule has 8 heteroatoms. The monoisotopic (exact) mass is 460 g/mol. The predicted molar refractivity (Wildman–Crippen MR) is 127 cm³/mol. The molecule has 0 radical (unpaired) electrons. The van der Waals surface area contributed by atoms with Gasteiger partial charge in [0.1, 0.15) is 17.6 Å². The highest BCUT2D eigenvalue weighted by Gasteiger charge is 2.22. The van der Waals surface area contributed by atoms with E-state index in [1.165, 1.54) is 11.3 Å². The van der Waals surface area contributed by atoms with Gasteiger partial charge in [-0.2, -0.15) is 0 Å². The van der Waals surface area contributed by atoms with Gasteiger partial charge in [-0.25, -0.2) is 4.98 Å². The lowest BCUT2D eigenvalue weighted by Crippen LogP contribution is -2.31. The zero-order valence-electron chi connectivity index (χ0n) is 18.3. The summed E-state index contributed by atoms with van der Waals surface area (Å²) in [5.41, 5.74) is 2.29. The third-order valence-corrected chi connectivity index (χ3v) is 6.10. The molecule has 2 heterocycles. The lowest BCUT2D eigenvalue weighted by molar-refractivity contribution is 0.0936. The summed E-state index contributed by atoms with van der Waals surface area (Å²) in [5, 5.41) is 7.84. The minimum Gasteiger partial charge on any atom is -0.497 e. The van der Waals surface area contributed by atoms with E-state index in [4.69, 9.17) is 4.74 Å². The predicted octanol–water partition coefficient (Wildman–Crippen LogP) is 3.94. The second-order valence-corrected chi connectivity index (χ2v) is 8.38. The van der Waals surface area contributed by atoms with Crippen LogP contribution in [0, 0.1) is 0 Å². The molecule has 0 aliphatic heterocycles. The van der Waals surface area contributed by atoms with Crippen LogP contribution in [-0.2, 0) is 13.6 Å². The number of benzene rings is 2. The van der Waals surface area contributed by atoms with Gasteiger partial charge >= 0.3 is 0 Å². The Kier molecular flexibility index (Phi) is 6.85. The summed E-state index contributed by atoms with van der Waals surface area (Å²) in [6.07, 6.45) is 3.54. The maximum absolute atomic E-state index is 13.1. The highest BCUT2D eigenvalue weighted by molar-refractivity contribution is 7.12. The number of nitrogens with one attached hydrogen (secondary N) is 2. The Bertz CT molecular complexity index is 1230. The van der Waals surface area contributed by atoms with Crippen molar-refractivity contribution in [3.8, 4) is 5.75 Å². The van der Waals surface area contributed by atoms with Crippen LogP contribution in [-0.4, -0.2) is 28.5 Å². The minimum atomic E-state index is -0.447. The largest absolute Gasteiger partial charge is 0.497 e. The highest BCUT2D eigenvalue weighted by Crippen LogP contribution is 2.24. The number of ether oxygens (including phenoxy) is 1. The fraction of sp³-hybridized carbons (Fsp3) is 0.160. The van der Waals surface area contributed by atoms with Crippen molar-refractivity contribution in [2.75, 3.05) is 7.11 Å².